The molecule has 1 aliphatic heterocycles. The zero-order chi connectivity index (χ0) is 15.2. The van der Waals surface area contributed by atoms with Crippen molar-refractivity contribution in [3.63, 3.8) is 0 Å². The molecule has 4 heteroatoms. The second-order valence-electron chi connectivity index (χ2n) is 5.13. The summed E-state index contributed by atoms with van der Waals surface area (Å²) in [5.41, 5.74) is 2.54. The number of hydrogen-bond donors (Lipinski definition) is 0. The van der Waals surface area contributed by atoms with Gasteiger partial charge in [0.1, 0.15) is 18.1 Å². The van der Waals surface area contributed by atoms with Crippen LogP contribution in [0.15, 0.2) is 48.5 Å². The molecule has 0 spiro atoms. The Balaban J connectivity index is 1.56. The summed E-state index contributed by atoms with van der Waals surface area (Å²) >= 11 is 4.09. The van der Waals surface area contributed by atoms with Crippen LogP contribution in [0.4, 0.5) is 0 Å². The average molecular weight is 332 g/mol. The molecular formula is C18H20O2S2. The first-order valence-corrected chi connectivity index (χ1v) is 9.54. The molecule has 0 radical (unpaired) electrons. The predicted octanol–water partition coefficient (Wildman–Crippen LogP) is 5.14. The number of thioether (sulfide) groups is 2. The first-order chi connectivity index (χ1) is 10.8. The topological polar surface area (TPSA) is 18.5 Å². The fraction of sp³-hybridized carbons (Fsp3) is 0.333. The van der Waals surface area contributed by atoms with Crippen molar-refractivity contribution in [1.82, 2.24) is 0 Å². The number of hydrogen-bond acceptors (Lipinski definition) is 4. The molecule has 116 valence electrons. The summed E-state index contributed by atoms with van der Waals surface area (Å²) < 4.78 is 11.6. The Labute approximate surface area is 140 Å². The van der Waals surface area contributed by atoms with E-state index < -0.39 is 0 Å². The van der Waals surface area contributed by atoms with Crippen molar-refractivity contribution in [2.75, 3.05) is 18.6 Å². The minimum atomic E-state index is 0.580. The third-order valence-electron chi connectivity index (χ3n) is 3.54. The average Bonchev–Trinajstić information content (AvgIpc) is 2.61. The van der Waals surface area contributed by atoms with Gasteiger partial charge in [-0.1, -0.05) is 24.3 Å². The van der Waals surface area contributed by atoms with Crippen molar-refractivity contribution in [2.24, 2.45) is 0 Å². The van der Waals surface area contributed by atoms with Gasteiger partial charge in [0.15, 0.2) is 0 Å². The summed E-state index contributed by atoms with van der Waals surface area (Å²) in [6.07, 6.45) is 1.33. The van der Waals surface area contributed by atoms with E-state index in [0.29, 0.717) is 11.2 Å². The molecule has 0 aliphatic carbocycles. The van der Waals surface area contributed by atoms with Gasteiger partial charge in [-0.2, -0.15) is 0 Å². The van der Waals surface area contributed by atoms with Gasteiger partial charge in [-0.25, -0.2) is 0 Å². The van der Waals surface area contributed by atoms with Gasteiger partial charge in [-0.05, 0) is 53.3 Å². The summed E-state index contributed by atoms with van der Waals surface area (Å²) in [6.45, 7) is 0.580. The van der Waals surface area contributed by atoms with Gasteiger partial charge in [0.25, 0.3) is 0 Å². The van der Waals surface area contributed by atoms with Crippen molar-refractivity contribution in [2.45, 2.75) is 17.6 Å². The van der Waals surface area contributed by atoms with Crippen LogP contribution in [0.5, 0.6) is 11.5 Å². The summed E-state index contributed by atoms with van der Waals surface area (Å²) in [4.78, 5) is 0. The van der Waals surface area contributed by atoms with Crippen LogP contribution in [0.3, 0.4) is 0 Å². The molecule has 3 rings (SSSR count). The van der Waals surface area contributed by atoms with Crippen LogP contribution >= 0.6 is 23.5 Å². The molecule has 1 aliphatic rings. The van der Waals surface area contributed by atoms with E-state index in [0.717, 1.165) is 17.1 Å². The highest BCUT2D eigenvalue weighted by atomic mass is 32.2. The Kier molecular flexibility index (Phi) is 5.57. The lowest BCUT2D eigenvalue weighted by Crippen LogP contribution is -2.00. The second kappa shape index (κ2) is 7.84. The van der Waals surface area contributed by atoms with Crippen molar-refractivity contribution < 1.29 is 9.47 Å². The molecule has 1 saturated heterocycles. The normalized spacial score (nSPS) is 15.5. The van der Waals surface area contributed by atoms with E-state index in [9.17, 15) is 0 Å². The largest absolute Gasteiger partial charge is 0.497 e. The van der Waals surface area contributed by atoms with Crippen LogP contribution in [-0.4, -0.2) is 18.6 Å². The lowest BCUT2D eigenvalue weighted by Gasteiger charge is -2.21. The third-order valence-corrected chi connectivity index (χ3v) is 6.56. The van der Waals surface area contributed by atoms with E-state index >= 15 is 0 Å². The molecule has 0 aromatic heterocycles. The highest BCUT2D eigenvalue weighted by molar-refractivity contribution is 8.16. The van der Waals surface area contributed by atoms with Crippen molar-refractivity contribution in [1.29, 1.82) is 0 Å². The first-order valence-electron chi connectivity index (χ1n) is 7.44. The Hall–Kier alpha value is -1.26. The monoisotopic (exact) mass is 332 g/mol. The van der Waals surface area contributed by atoms with Gasteiger partial charge < -0.3 is 9.47 Å². The van der Waals surface area contributed by atoms with Crippen LogP contribution in [0.1, 0.15) is 22.1 Å². The van der Waals surface area contributed by atoms with Crippen molar-refractivity contribution in [3.8, 4) is 11.5 Å². The summed E-state index contributed by atoms with van der Waals surface area (Å²) in [6, 6.07) is 16.5. The Morgan fingerprint density at radius 2 is 1.55 bits per heavy atom. The number of methoxy groups -OCH3 is 1. The zero-order valence-electron chi connectivity index (χ0n) is 12.7. The Morgan fingerprint density at radius 3 is 2.18 bits per heavy atom. The SMILES string of the molecule is COc1ccc(COc2ccc(C3SCCCS3)cc2)cc1. The molecule has 2 nitrogen and oxygen atoms in total. The van der Waals surface area contributed by atoms with Gasteiger partial charge in [-0.15, -0.1) is 23.5 Å². The number of ether oxygens (including phenoxy) is 2. The lowest BCUT2D eigenvalue weighted by molar-refractivity contribution is 0.306. The van der Waals surface area contributed by atoms with Crippen molar-refractivity contribution in [3.05, 3.63) is 59.7 Å². The molecular weight excluding hydrogens is 312 g/mol. The van der Waals surface area contributed by atoms with Gasteiger partial charge in [0.2, 0.25) is 0 Å². The highest BCUT2D eigenvalue weighted by Crippen LogP contribution is 2.43. The summed E-state index contributed by atoms with van der Waals surface area (Å²) in [5, 5.41) is 0. The molecule has 0 unspecified atom stereocenters. The number of rotatable bonds is 5. The maximum absolute atomic E-state index is 5.85. The van der Waals surface area contributed by atoms with Crippen molar-refractivity contribution >= 4 is 23.5 Å². The lowest BCUT2D eigenvalue weighted by atomic mass is 10.2. The minimum Gasteiger partial charge on any atom is -0.497 e. The Morgan fingerprint density at radius 1 is 0.909 bits per heavy atom. The van der Waals surface area contributed by atoms with Crippen LogP contribution in [-0.2, 0) is 6.61 Å². The molecule has 0 bridgehead atoms. The highest BCUT2D eigenvalue weighted by Gasteiger charge is 2.16. The maximum Gasteiger partial charge on any atom is 0.119 e. The molecule has 2 aromatic rings. The zero-order valence-corrected chi connectivity index (χ0v) is 14.3. The van der Waals surface area contributed by atoms with E-state index in [1.54, 1.807) is 7.11 Å². The van der Waals surface area contributed by atoms with Gasteiger partial charge in [0, 0.05) is 0 Å². The van der Waals surface area contributed by atoms with Crippen LogP contribution < -0.4 is 9.47 Å². The first kappa shape index (κ1) is 15.6. The molecule has 0 atom stereocenters. The molecule has 1 fully saturated rings. The maximum atomic E-state index is 5.85. The summed E-state index contributed by atoms with van der Waals surface area (Å²) in [5.74, 6) is 4.33. The molecule has 1 heterocycles. The van der Waals surface area contributed by atoms with E-state index in [4.69, 9.17) is 9.47 Å². The molecule has 0 saturated carbocycles. The van der Waals surface area contributed by atoms with Crippen LogP contribution in [0, 0.1) is 0 Å². The smallest absolute Gasteiger partial charge is 0.119 e. The van der Waals surface area contributed by atoms with E-state index in [2.05, 4.69) is 24.3 Å². The van der Waals surface area contributed by atoms with E-state index in [1.165, 1.54) is 23.5 Å². The third kappa shape index (κ3) is 4.14. The second-order valence-corrected chi connectivity index (χ2v) is 7.86. The fourth-order valence-electron chi connectivity index (χ4n) is 2.29. The standard InChI is InChI=1S/C18H20O2S2/c1-19-16-7-3-14(4-8-16)13-20-17-9-5-15(6-10-17)18-21-11-2-12-22-18/h3-10,18H,2,11-13H2,1H3. The van der Waals surface area contributed by atoms with Gasteiger partial charge >= 0.3 is 0 Å². The predicted molar refractivity (Wildman–Crippen MR) is 96.0 cm³/mol. The number of benzene rings is 2. The van der Waals surface area contributed by atoms with Gasteiger partial charge in [0.05, 0.1) is 11.7 Å². The quantitative estimate of drug-likeness (QED) is 0.754. The fourth-order valence-corrected chi connectivity index (χ4v) is 5.18. The van der Waals surface area contributed by atoms with E-state index in [-0.39, 0.29) is 0 Å². The van der Waals surface area contributed by atoms with Crippen LogP contribution in [0.2, 0.25) is 0 Å². The van der Waals surface area contributed by atoms with Gasteiger partial charge in [-0.3, -0.25) is 0 Å². The van der Waals surface area contributed by atoms with Crippen LogP contribution in [0.25, 0.3) is 0 Å². The summed E-state index contributed by atoms with van der Waals surface area (Å²) in [7, 11) is 1.68. The molecule has 0 N–H and O–H groups in total. The molecule has 22 heavy (non-hydrogen) atoms. The minimum absolute atomic E-state index is 0.580. The molecule has 0 amide bonds. The van der Waals surface area contributed by atoms with E-state index in [1.807, 2.05) is 47.8 Å². The molecule has 2 aromatic carbocycles. The Bertz CT molecular complexity index is 575.